The number of aliphatic hydroxyl groups is 1. The van der Waals surface area contributed by atoms with Gasteiger partial charge in [-0.25, -0.2) is 9.97 Å². The molecule has 3 aromatic rings. The Morgan fingerprint density at radius 2 is 1.64 bits per heavy atom. The number of likely N-dealkylation sites (tertiary alicyclic amines) is 2. The largest absolute Gasteiger partial charge is 0.391 e. The lowest BCUT2D eigenvalue weighted by Gasteiger charge is -2.39. The number of aromatic nitrogens is 2. The standard InChI is InChI=1S/C41H57N9O5S/c1-26(29-6-8-30(9-7-29)36-27(2)44-25-56-36)45-39(54)33-20-32(51)23-50(33)40(55)37(41(3,4)5)46-35(52)24-47-14-12-28(13-15-47)22-48-16-18-49(19-17-48)34-11-10-31(21-43-34)38(42)53/h6-11,21,25-26,28,32-33,37,51H,12-20,22-24H2,1-5H3,(H2,42,53)(H,45,54)(H,46,52)/t26-,32+,33-,37+/m0/s1. The Labute approximate surface area is 333 Å². The zero-order chi connectivity index (χ0) is 40.1. The number of piperidine rings is 1. The second-order valence-electron chi connectivity index (χ2n) is 16.7. The summed E-state index contributed by atoms with van der Waals surface area (Å²) in [5.41, 5.74) is 9.91. The van der Waals surface area contributed by atoms with Gasteiger partial charge in [0.2, 0.25) is 23.6 Å². The summed E-state index contributed by atoms with van der Waals surface area (Å²) in [5.74, 6) is -0.00850. The second kappa shape index (κ2) is 17.8. The predicted molar refractivity (Wildman–Crippen MR) is 217 cm³/mol. The number of primary amides is 1. The molecule has 2 aromatic heterocycles. The number of thiazole rings is 1. The average molecular weight is 788 g/mol. The molecule has 0 aliphatic carbocycles. The van der Waals surface area contributed by atoms with Crippen molar-refractivity contribution in [2.24, 2.45) is 17.1 Å². The molecule has 6 rings (SSSR count). The molecule has 3 aliphatic heterocycles. The number of nitrogens with two attached hydrogens (primary N) is 1. The summed E-state index contributed by atoms with van der Waals surface area (Å²) in [6.45, 7) is 16.0. The smallest absolute Gasteiger partial charge is 0.250 e. The van der Waals surface area contributed by atoms with Crippen LogP contribution < -0.4 is 21.3 Å². The minimum atomic E-state index is -0.872. The van der Waals surface area contributed by atoms with Crippen LogP contribution in [0.4, 0.5) is 5.82 Å². The molecule has 4 amide bonds. The highest BCUT2D eigenvalue weighted by Gasteiger charge is 2.45. The third-order valence-electron chi connectivity index (χ3n) is 11.4. The van der Waals surface area contributed by atoms with Crippen molar-refractivity contribution in [3.63, 3.8) is 0 Å². The van der Waals surface area contributed by atoms with Crippen LogP contribution in [0.1, 0.15) is 74.6 Å². The van der Waals surface area contributed by atoms with Crippen LogP contribution in [0.5, 0.6) is 0 Å². The van der Waals surface area contributed by atoms with Gasteiger partial charge in [-0.05, 0) is 74.4 Å². The molecule has 14 nitrogen and oxygen atoms in total. The first-order valence-electron chi connectivity index (χ1n) is 19.7. The van der Waals surface area contributed by atoms with Crippen molar-refractivity contribution >= 4 is 40.8 Å². The molecule has 0 spiro atoms. The van der Waals surface area contributed by atoms with Crippen LogP contribution in [-0.2, 0) is 14.4 Å². The van der Waals surface area contributed by atoms with Gasteiger partial charge in [-0.2, -0.15) is 0 Å². The Morgan fingerprint density at radius 3 is 2.23 bits per heavy atom. The molecular weight excluding hydrogens is 731 g/mol. The fourth-order valence-corrected chi connectivity index (χ4v) is 8.81. The number of anilines is 1. The number of carbonyl (C=O) groups is 4. The lowest BCUT2D eigenvalue weighted by atomic mass is 9.85. The topological polar surface area (TPSA) is 177 Å². The number of aliphatic hydroxyl groups excluding tert-OH is 1. The molecule has 5 heterocycles. The highest BCUT2D eigenvalue weighted by Crippen LogP contribution is 2.30. The molecular formula is C41H57N9O5S. The summed E-state index contributed by atoms with van der Waals surface area (Å²) in [7, 11) is 0. The van der Waals surface area contributed by atoms with Crippen molar-refractivity contribution in [1.29, 1.82) is 0 Å². The number of rotatable bonds is 12. The van der Waals surface area contributed by atoms with E-state index in [9.17, 15) is 24.3 Å². The van der Waals surface area contributed by atoms with Crippen LogP contribution in [0.2, 0.25) is 0 Å². The summed E-state index contributed by atoms with van der Waals surface area (Å²) >= 11 is 1.59. The number of hydrogen-bond acceptors (Lipinski definition) is 11. The number of nitrogens with zero attached hydrogens (tertiary/aromatic N) is 6. The quantitative estimate of drug-likeness (QED) is 0.214. The SMILES string of the molecule is Cc1ncsc1-c1ccc([C@H](C)NC(=O)[C@@H]2C[C@@H](O)CN2C(=O)[C@@H](NC(=O)CN2CCC(CN3CCN(c4ccc(C(N)=O)cn4)CC3)CC2)C(C)(C)C)cc1. The van der Waals surface area contributed by atoms with Gasteiger partial charge >= 0.3 is 0 Å². The van der Waals surface area contributed by atoms with Gasteiger partial charge in [-0.1, -0.05) is 45.0 Å². The van der Waals surface area contributed by atoms with E-state index >= 15 is 0 Å². The number of pyridine rings is 1. The zero-order valence-corrected chi connectivity index (χ0v) is 34.1. The van der Waals surface area contributed by atoms with Crippen molar-refractivity contribution in [1.82, 2.24) is 35.3 Å². The van der Waals surface area contributed by atoms with E-state index < -0.39 is 29.5 Å². The maximum atomic E-state index is 14.2. The Bertz CT molecular complexity index is 1830. The predicted octanol–water partition coefficient (Wildman–Crippen LogP) is 2.82. The summed E-state index contributed by atoms with van der Waals surface area (Å²) < 4.78 is 0. The van der Waals surface area contributed by atoms with Crippen molar-refractivity contribution in [3.05, 3.63) is 64.9 Å². The van der Waals surface area contributed by atoms with Crippen LogP contribution in [-0.4, -0.2) is 130 Å². The number of carbonyl (C=O) groups excluding carboxylic acids is 4. The molecule has 0 unspecified atom stereocenters. The second-order valence-corrected chi connectivity index (χ2v) is 17.5. The van der Waals surface area contributed by atoms with Crippen molar-refractivity contribution in [3.8, 4) is 10.4 Å². The molecule has 3 aliphatic rings. The number of piperazine rings is 1. The molecule has 3 fully saturated rings. The number of hydrogen-bond donors (Lipinski definition) is 4. The van der Waals surface area contributed by atoms with Gasteiger partial charge < -0.3 is 31.3 Å². The van der Waals surface area contributed by atoms with Crippen LogP contribution in [0, 0.1) is 18.3 Å². The first-order valence-corrected chi connectivity index (χ1v) is 20.6. The number of aryl methyl sites for hydroxylation is 1. The number of nitrogens with one attached hydrogen (secondary N) is 2. The van der Waals surface area contributed by atoms with E-state index in [0.29, 0.717) is 11.5 Å². The Balaban J connectivity index is 0.968. The third kappa shape index (κ3) is 10.1. The van der Waals surface area contributed by atoms with Gasteiger partial charge in [0.15, 0.2) is 0 Å². The molecule has 5 N–H and O–H groups in total. The van der Waals surface area contributed by atoms with Gasteiger partial charge in [0, 0.05) is 51.9 Å². The van der Waals surface area contributed by atoms with E-state index in [2.05, 4.69) is 35.3 Å². The summed E-state index contributed by atoms with van der Waals surface area (Å²) in [6, 6.07) is 9.53. The van der Waals surface area contributed by atoms with E-state index in [1.165, 1.54) is 11.1 Å². The van der Waals surface area contributed by atoms with Gasteiger partial charge in [-0.15, -0.1) is 11.3 Å². The van der Waals surface area contributed by atoms with Crippen molar-refractivity contribution < 1.29 is 24.3 Å². The number of amides is 4. The van der Waals surface area contributed by atoms with Gasteiger partial charge in [0.25, 0.3) is 0 Å². The van der Waals surface area contributed by atoms with Crippen LogP contribution >= 0.6 is 11.3 Å². The molecule has 4 atom stereocenters. The fraction of sp³-hybridized carbons (Fsp3) is 0.561. The molecule has 56 heavy (non-hydrogen) atoms. The molecule has 0 radical (unpaired) electrons. The van der Waals surface area contributed by atoms with Crippen LogP contribution in [0.15, 0.2) is 48.1 Å². The van der Waals surface area contributed by atoms with E-state index in [0.717, 1.165) is 86.2 Å². The minimum Gasteiger partial charge on any atom is -0.391 e. The summed E-state index contributed by atoms with van der Waals surface area (Å²) in [5, 5.41) is 16.7. The van der Waals surface area contributed by atoms with E-state index in [1.807, 2.05) is 70.5 Å². The molecule has 302 valence electrons. The zero-order valence-electron chi connectivity index (χ0n) is 33.2. The van der Waals surface area contributed by atoms with Crippen molar-refractivity contribution in [2.75, 3.05) is 63.8 Å². The van der Waals surface area contributed by atoms with Gasteiger partial charge in [-0.3, -0.25) is 29.0 Å². The van der Waals surface area contributed by atoms with Crippen LogP contribution in [0.25, 0.3) is 10.4 Å². The average Bonchev–Trinajstić information content (AvgIpc) is 3.79. The molecule has 0 bridgehead atoms. The van der Waals surface area contributed by atoms with E-state index in [-0.39, 0.29) is 43.3 Å². The first kappa shape index (κ1) is 41.2. The Kier molecular flexibility index (Phi) is 13.1. The number of benzene rings is 1. The monoisotopic (exact) mass is 787 g/mol. The molecule has 3 saturated heterocycles. The van der Waals surface area contributed by atoms with Gasteiger partial charge in [0.05, 0.1) is 40.3 Å². The lowest BCUT2D eigenvalue weighted by Crippen LogP contribution is -2.59. The lowest BCUT2D eigenvalue weighted by molar-refractivity contribution is -0.144. The Morgan fingerprint density at radius 1 is 0.946 bits per heavy atom. The van der Waals surface area contributed by atoms with Gasteiger partial charge in [0.1, 0.15) is 17.9 Å². The van der Waals surface area contributed by atoms with E-state index in [4.69, 9.17) is 5.73 Å². The van der Waals surface area contributed by atoms with Crippen molar-refractivity contribution in [2.45, 2.75) is 78.1 Å². The minimum absolute atomic E-state index is 0.0279. The molecule has 1 aromatic carbocycles. The molecule has 15 heteroatoms. The van der Waals surface area contributed by atoms with E-state index in [1.54, 1.807) is 17.4 Å². The highest BCUT2D eigenvalue weighted by atomic mass is 32.1. The highest BCUT2D eigenvalue weighted by molar-refractivity contribution is 7.13. The Hall–Kier alpha value is -4.44. The number of β-amino-alcohol motifs (C(OH)–C–C–N with tert-alkyl or cyclic N) is 1. The maximum absolute atomic E-state index is 14.2. The van der Waals surface area contributed by atoms with Crippen LogP contribution in [0.3, 0.4) is 0 Å². The normalized spacial score (nSPS) is 21.1. The first-order chi connectivity index (χ1) is 26.7. The fourth-order valence-electron chi connectivity index (χ4n) is 8.00. The third-order valence-corrected chi connectivity index (χ3v) is 12.4. The summed E-state index contributed by atoms with van der Waals surface area (Å²) in [6.07, 6.45) is 2.80. The maximum Gasteiger partial charge on any atom is 0.250 e. The molecule has 0 saturated carbocycles. The summed E-state index contributed by atoms with van der Waals surface area (Å²) in [4.78, 5) is 70.9.